The number of aliphatic hydroxyl groups excluding tert-OH is 1. The van der Waals surface area contributed by atoms with E-state index in [1.807, 2.05) is 0 Å². The summed E-state index contributed by atoms with van der Waals surface area (Å²) in [6.45, 7) is 0.824. The average molecular weight is 256 g/mol. The molecule has 0 aliphatic carbocycles. The molecule has 1 amide bonds. The van der Waals surface area contributed by atoms with Gasteiger partial charge in [0.2, 0.25) is 5.91 Å². The monoisotopic (exact) mass is 256 g/mol. The highest BCUT2D eigenvalue weighted by atomic mass is 19.1. The minimum Gasteiger partial charge on any atom is -0.387 e. The Hall–Kier alpha value is -1.50. The highest BCUT2D eigenvalue weighted by Gasteiger charge is 2.11. The zero-order valence-electron chi connectivity index (χ0n) is 9.93. The average Bonchev–Trinajstić information content (AvgIpc) is 2.33. The molecule has 1 aromatic rings. The van der Waals surface area contributed by atoms with Crippen molar-refractivity contribution in [2.75, 3.05) is 26.3 Å². The number of benzene rings is 1. The highest BCUT2D eigenvalue weighted by molar-refractivity contribution is 5.74. The maximum absolute atomic E-state index is 13.3. The first-order valence-corrected chi connectivity index (χ1v) is 5.60. The van der Waals surface area contributed by atoms with Gasteiger partial charge in [-0.1, -0.05) is 18.2 Å². The quantitative estimate of drug-likeness (QED) is 0.569. The first kappa shape index (κ1) is 14.6. The Labute approximate surface area is 105 Å². The molecule has 100 valence electrons. The van der Waals surface area contributed by atoms with E-state index in [2.05, 4.69) is 5.32 Å². The molecular formula is C12H17FN2O3. The van der Waals surface area contributed by atoms with Crippen LogP contribution in [-0.2, 0) is 9.53 Å². The van der Waals surface area contributed by atoms with Crippen LogP contribution in [0.1, 0.15) is 11.7 Å². The summed E-state index contributed by atoms with van der Waals surface area (Å²) in [4.78, 5) is 10.4. The summed E-state index contributed by atoms with van der Waals surface area (Å²) in [5.74, 6) is -0.960. The summed E-state index contributed by atoms with van der Waals surface area (Å²) < 4.78 is 18.2. The van der Waals surface area contributed by atoms with Crippen LogP contribution < -0.4 is 11.1 Å². The molecule has 4 N–H and O–H groups in total. The predicted molar refractivity (Wildman–Crippen MR) is 64.2 cm³/mol. The van der Waals surface area contributed by atoms with Gasteiger partial charge in [-0.3, -0.25) is 4.79 Å². The number of ether oxygens (including phenoxy) is 1. The number of hydrogen-bond donors (Lipinski definition) is 3. The van der Waals surface area contributed by atoms with Crippen LogP contribution in [0.25, 0.3) is 0 Å². The maximum Gasteiger partial charge on any atom is 0.243 e. The lowest BCUT2D eigenvalue weighted by molar-refractivity contribution is -0.122. The Balaban J connectivity index is 2.20. The van der Waals surface area contributed by atoms with Gasteiger partial charge in [0.15, 0.2) is 0 Å². The largest absolute Gasteiger partial charge is 0.387 e. The summed E-state index contributed by atoms with van der Waals surface area (Å²) in [7, 11) is 0. The van der Waals surface area contributed by atoms with Crippen molar-refractivity contribution in [1.82, 2.24) is 5.32 Å². The summed E-state index contributed by atoms with van der Waals surface area (Å²) in [5, 5.41) is 12.6. The van der Waals surface area contributed by atoms with Gasteiger partial charge in [0.25, 0.3) is 0 Å². The van der Waals surface area contributed by atoms with Crippen LogP contribution in [0.3, 0.4) is 0 Å². The third-order valence-corrected chi connectivity index (χ3v) is 2.27. The molecule has 0 saturated heterocycles. The molecule has 1 atom stereocenters. The van der Waals surface area contributed by atoms with E-state index in [0.29, 0.717) is 13.2 Å². The molecule has 1 rings (SSSR count). The van der Waals surface area contributed by atoms with E-state index in [-0.39, 0.29) is 18.7 Å². The van der Waals surface area contributed by atoms with Crippen LogP contribution >= 0.6 is 0 Å². The van der Waals surface area contributed by atoms with Crippen LogP contribution in [0.4, 0.5) is 4.39 Å². The van der Waals surface area contributed by atoms with E-state index in [1.165, 1.54) is 12.1 Å². The van der Waals surface area contributed by atoms with Crippen LogP contribution in [0.2, 0.25) is 0 Å². The fraction of sp³-hybridized carbons (Fsp3) is 0.417. The second kappa shape index (κ2) is 7.75. The molecule has 1 aromatic carbocycles. The van der Waals surface area contributed by atoms with E-state index in [0.717, 1.165) is 0 Å². The number of carbonyl (C=O) groups excluding carboxylic acids is 1. The van der Waals surface area contributed by atoms with E-state index >= 15 is 0 Å². The SMILES string of the molecule is NC(=O)COCCNCC(O)c1ccccc1F. The zero-order chi connectivity index (χ0) is 13.4. The molecule has 0 spiro atoms. The molecule has 0 radical (unpaired) electrons. The van der Waals surface area contributed by atoms with Crippen molar-refractivity contribution in [3.63, 3.8) is 0 Å². The molecular weight excluding hydrogens is 239 g/mol. The van der Waals surface area contributed by atoms with Crippen LogP contribution in [0.15, 0.2) is 24.3 Å². The van der Waals surface area contributed by atoms with Crippen LogP contribution in [0.5, 0.6) is 0 Å². The fourth-order valence-electron chi connectivity index (χ4n) is 1.41. The zero-order valence-corrected chi connectivity index (χ0v) is 9.93. The van der Waals surface area contributed by atoms with E-state index in [1.54, 1.807) is 12.1 Å². The molecule has 0 aliphatic heterocycles. The number of halogens is 1. The molecule has 0 aromatic heterocycles. The second-order valence-corrected chi connectivity index (χ2v) is 3.76. The number of carbonyl (C=O) groups is 1. The van der Waals surface area contributed by atoms with E-state index in [9.17, 15) is 14.3 Å². The third kappa shape index (κ3) is 5.22. The lowest BCUT2D eigenvalue weighted by atomic mass is 10.1. The minimum absolute atomic E-state index is 0.127. The number of aliphatic hydroxyl groups is 1. The van der Waals surface area contributed by atoms with E-state index < -0.39 is 17.8 Å². The number of nitrogens with two attached hydrogens (primary N) is 1. The normalized spacial score (nSPS) is 12.3. The second-order valence-electron chi connectivity index (χ2n) is 3.76. The molecule has 0 bridgehead atoms. The summed E-state index contributed by atoms with van der Waals surface area (Å²) in [6, 6.07) is 6.06. The maximum atomic E-state index is 13.3. The predicted octanol–water partition coefficient (Wildman–Crippen LogP) is -0.0494. The molecule has 6 heteroatoms. The van der Waals surface area contributed by atoms with Gasteiger partial charge >= 0.3 is 0 Å². The molecule has 0 saturated carbocycles. The Morgan fingerprint density at radius 1 is 1.50 bits per heavy atom. The Morgan fingerprint density at radius 3 is 2.89 bits per heavy atom. The lowest BCUT2D eigenvalue weighted by Gasteiger charge is -2.12. The van der Waals surface area contributed by atoms with Gasteiger partial charge in [-0.25, -0.2) is 4.39 Å². The number of primary amides is 1. The number of amides is 1. The van der Waals surface area contributed by atoms with Gasteiger partial charge < -0.3 is 20.9 Å². The molecule has 0 fully saturated rings. The van der Waals surface area contributed by atoms with Gasteiger partial charge in [-0.15, -0.1) is 0 Å². The van der Waals surface area contributed by atoms with Crippen molar-refractivity contribution in [2.45, 2.75) is 6.10 Å². The Bertz CT molecular complexity index is 387. The standard InChI is InChI=1S/C12H17FN2O3/c13-10-4-2-1-3-9(10)11(16)7-15-5-6-18-8-12(14)17/h1-4,11,15-16H,5-8H2,(H2,14,17). The fourth-order valence-corrected chi connectivity index (χ4v) is 1.41. The molecule has 0 aliphatic rings. The van der Waals surface area contributed by atoms with Gasteiger partial charge in [-0.2, -0.15) is 0 Å². The van der Waals surface area contributed by atoms with Crippen molar-refractivity contribution in [3.05, 3.63) is 35.6 Å². The van der Waals surface area contributed by atoms with Crippen molar-refractivity contribution < 1.29 is 19.0 Å². The van der Waals surface area contributed by atoms with Gasteiger partial charge in [0.05, 0.1) is 12.7 Å². The molecule has 5 nitrogen and oxygen atoms in total. The van der Waals surface area contributed by atoms with Crippen molar-refractivity contribution >= 4 is 5.91 Å². The smallest absolute Gasteiger partial charge is 0.243 e. The third-order valence-electron chi connectivity index (χ3n) is 2.27. The van der Waals surface area contributed by atoms with E-state index in [4.69, 9.17) is 10.5 Å². The van der Waals surface area contributed by atoms with Gasteiger partial charge in [0, 0.05) is 18.7 Å². The summed E-state index contributed by atoms with van der Waals surface area (Å²) in [6.07, 6.45) is -0.914. The number of rotatable bonds is 8. The number of nitrogens with one attached hydrogen (secondary N) is 1. The lowest BCUT2D eigenvalue weighted by Crippen LogP contribution is -2.27. The van der Waals surface area contributed by atoms with Crippen molar-refractivity contribution in [1.29, 1.82) is 0 Å². The number of hydrogen-bond acceptors (Lipinski definition) is 4. The topological polar surface area (TPSA) is 84.6 Å². The van der Waals surface area contributed by atoms with Crippen LogP contribution in [-0.4, -0.2) is 37.3 Å². The Morgan fingerprint density at radius 2 is 2.22 bits per heavy atom. The van der Waals surface area contributed by atoms with Gasteiger partial charge in [-0.05, 0) is 6.07 Å². The molecule has 1 unspecified atom stereocenters. The minimum atomic E-state index is -0.914. The summed E-state index contributed by atoms with van der Waals surface area (Å²) >= 11 is 0. The molecule has 18 heavy (non-hydrogen) atoms. The van der Waals surface area contributed by atoms with Crippen LogP contribution in [0, 0.1) is 5.82 Å². The van der Waals surface area contributed by atoms with Crippen molar-refractivity contribution in [3.8, 4) is 0 Å². The van der Waals surface area contributed by atoms with Gasteiger partial charge in [0.1, 0.15) is 12.4 Å². The Kier molecular flexibility index (Phi) is 6.27. The first-order chi connectivity index (χ1) is 8.61. The first-order valence-electron chi connectivity index (χ1n) is 5.60. The van der Waals surface area contributed by atoms with Crippen molar-refractivity contribution in [2.24, 2.45) is 5.73 Å². The summed E-state index contributed by atoms with van der Waals surface area (Å²) in [5.41, 5.74) is 5.13. The molecule has 0 heterocycles. The highest BCUT2D eigenvalue weighted by Crippen LogP contribution is 2.15.